The first-order chi connectivity index (χ1) is 11.6. The maximum atomic E-state index is 12.7. The van der Waals surface area contributed by atoms with Crippen molar-refractivity contribution < 1.29 is 18.8 Å². The molecule has 2 atom stereocenters. The Bertz CT molecular complexity index is 589. The van der Waals surface area contributed by atoms with E-state index in [-0.39, 0.29) is 18.4 Å². The third kappa shape index (κ3) is 3.76. The molecule has 2 aliphatic heterocycles. The molecule has 24 heavy (non-hydrogen) atoms. The van der Waals surface area contributed by atoms with Crippen LogP contribution in [0.1, 0.15) is 36.6 Å². The van der Waals surface area contributed by atoms with Gasteiger partial charge in [0.1, 0.15) is 5.76 Å². The van der Waals surface area contributed by atoms with E-state index in [0.717, 1.165) is 38.1 Å². The van der Waals surface area contributed by atoms with Gasteiger partial charge in [-0.2, -0.15) is 0 Å². The Hall–Kier alpha value is -1.93. The number of rotatable bonds is 6. The van der Waals surface area contributed by atoms with Crippen LogP contribution >= 0.6 is 0 Å². The first-order valence-electron chi connectivity index (χ1n) is 8.40. The lowest BCUT2D eigenvalue weighted by Gasteiger charge is -2.35. The van der Waals surface area contributed by atoms with Crippen molar-refractivity contribution in [2.75, 3.05) is 32.8 Å². The number of hydrogen-bond acceptors (Lipinski definition) is 6. The van der Waals surface area contributed by atoms with Crippen LogP contribution in [0, 0.1) is 5.41 Å². The molecule has 2 aliphatic rings. The summed E-state index contributed by atoms with van der Waals surface area (Å²) in [5, 5.41) is 10.1. The Morgan fingerprint density at radius 1 is 1.50 bits per heavy atom. The van der Waals surface area contributed by atoms with E-state index in [1.165, 1.54) is 0 Å². The lowest BCUT2D eigenvalue weighted by Crippen LogP contribution is -2.53. The van der Waals surface area contributed by atoms with E-state index in [0.29, 0.717) is 25.3 Å². The minimum Gasteiger partial charge on any atom is -0.381 e. The zero-order valence-corrected chi connectivity index (χ0v) is 13.7. The van der Waals surface area contributed by atoms with Crippen molar-refractivity contribution in [3.8, 4) is 0 Å². The van der Waals surface area contributed by atoms with Gasteiger partial charge in [-0.1, -0.05) is 5.16 Å². The minimum atomic E-state index is -0.642. The molecule has 2 fully saturated rings. The molecule has 2 amide bonds. The zero-order chi connectivity index (χ0) is 17.0. The van der Waals surface area contributed by atoms with E-state index in [1.54, 1.807) is 0 Å². The number of hydrogen-bond donors (Lipinski definition) is 3. The summed E-state index contributed by atoms with van der Waals surface area (Å²) >= 11 is 0. The molecule has 8 heteroatoms. The van der Waals surface area contributed by atoms with Crippen LogP contribution in [0.5, 0.6) is 0 Å². The number of nitrogens with two attached hydrogens (primary N) is 1. The van der Waals surface area contributed by atoms with Crippen LogP contribution in [0.3, 0.4) is 0 Å². The van der Waals surface area contributed by atoms with Gasteiger partial charge in [-0.25, -0.2) is 0 Å². The number of piperidine rings is 1. The highest BCUT2D eigenvalue weighted by molar-refractivity contribution is 5.87. The van der Waals surface area contributed by atoms with Crippen LogP contribution in [0.4, 0.5) is 0 Å². The Balaban J connectivity index is 1.71. The smallest absolute Gasteiger partial charge is 0.236 e. The fourth-order valence-electron chi connectivity index (χ4n) is 3.45. The summed E-state index contributed by atoms with van der Waals surface area (Å²) in [7, 11) is 0. The van der Waals surface area contributed by atoms with Gasteiger partial charge in [0.05, 0.1) is 24.3 Å². The Morgan fingerprint density at radius 3 is 3.04 bits per heavy atom. The first-order valence-corrected chi connectivity index (χ1v) is 8.40. The maximum absolute atomic E-state index is 12.7. The van der Waals surface area contributed by atoms with Gasteiger partial charge in [0.2, 0.25) is 11.8 Å². The largest absolute Gasteiger partial charge is 0.381 e. The third-order valence-corrected chi connectivity index (χ3v) is 4.81. The van der Waals surface area contributed by atoms with Crippen LogP contribution in [0.15, 0.2) is 10.6 Å². The van der Waals surface area contributed by atoms with Crippen LogP contribution in [0.2, 0.25) is 0 Å². The second kappa shape index (κ2) is 7.31. The summed E-state index contributed by atoms with van der Waals surface area (Å²) < 4.78 is 10.9. The second-order valence-electron chi connectivity index (χ2n) is 6.67. The molecule has 0 unspecified atom stereocenters. The third-order valence-electron chi connectivity index (χ3n) is 4.81. The normalized spacial score (nSPS) is 27.1. The zero-order valence-electron chi connectivity index (χ0n) is 13.7. The molecule has 3 heterocycles. The lowest BCUT2D eigenvalue weighted by atomic mass is 9.76. The fourth-order valence-corrected chi connectivity index (χ4v) is 3.45. The van der Waals surface area contributed by atoms with E-state index >= 15 is 0 Å². The van der Waals surface area contributed by atoms with Crippen LogP contribution in [0.25, 0.3) is 0 Å². The number of carbonyl (C=O) groups excluding carboxylic acids is 2. The van der Waals surface area contributed by atoms with E-state index in [9.17, 15) is 9.59 Å². The predicted molar refractivity (Wildman–Crippen MR) is 85.1 cm³/mol. The Morgan fingerprint density at radius 2 is 2.38 bits per heavy atom. The lowest BCUT2D eigenvalue weighted by molar-refractivity contribution is -0.134. The summed E-state index contributed by atoms with van der Waals surface area (Å²) in [6, 6.07) is 1.93. The van der Waals surface area contributed by atoms with Crippen molar-refractivity contribution in [2.24, 2.45) is 11.1 Å². The highest BCUT2D eigenvalue weighted by atomic mass is 16.5. The molecule has 2 saturated heterocycles. The molecule has 4 N–H and O–H groups in total. The van der Waals surface area contributed by atoms with Crippen molar-refractivity contribution >= 4 is 11.8 Å². The number of carbonyl (C=O) groups is 2. The predicted octanol–water partition coefficient (Wildman–Crippen LogP) is -0.308. The summed E-state index contributed by atoms with van der Waals surface area (Å²) in [4.78, 5) is 23.6. The first kappa shape index (κ1) is 16.9. The van der Waals surface area contributed by atoms with E-state index in [4.69, 9.17) is 15.0 Å². The van der Waals surface area contributed by atoms with E-state index in [2.05, 4.69) is 15.8 Å². The quantitative estimate of drug-likeness (QED) is 0.656. The molecule has 0 aromatic carbocycles. The van der Waals surface area contributed by atoms with E-state index < -0.39 is 11.3 Å². The molecule has 1 aromatic rings. The van der Waals surface area contributed by atoms with Crippen molar-refractivity contribution in [1.82, 2.24) is 15.8 Å². The number of primary amides is 1. The second-order valence-corrected chi connectivity index (χ2v) is 6.67. The van der Waals surface area contributed by atoms with Gasteiger partial charge in [-0.15, -0.1) is 0 Å². The molecular weight excluding hydrogens is 312 g/mol. The van der Waals surface area contributed by atoms with Crippen LogP contribution in [-0.4, -0.2) is 49.8 Å². The van der Waals surface area contributed by atoms with Crippen molar-refractivity contribution in [2.45, 2.75) is 31.6 Å². The summed E-state index contributed by atoms with van der Waals surface area (Å²) in [6.45, 7) is 2.68. The molecule has 0 spiro atoms. The summed E-state index contributed by atoms with van der Waals surface area (Å²) in [5.41, 5.74) is 5.38. The van der Waals surface area contributed by atoms with Crippen LogP contribution in [-0.2, 0) is 20.7 Å². The number of nitrogens with zero attached hydrogens (tertiary/aromatic N) is 1. The standard InChI is InChI=1S/C16H24N4O4/c17-14(21)8-19-15(22)16(3-1-4-18-10-16)7-12-6-13(20-24-12)11-2-5-23-9-11/h6,11,18H,1-5,7-10H2,(H2,17,21)(H,19,22)/t11-,16+/m1/s1. The Kier molecular flexibility index (Phi) is 5.15. The molecule has 1 aromatic heterocycles. The van der Waals surface area contributed by atoms with Gasteiger partial charge >= 0.3 is 0 Å². The number of amides is 2. The summed E-state index contributed by atoms with van der Waals surface area (Å²) in [5.74, 6) is 0.238. The van der Waals surface area contributed by atoms with Crippen molar-refractivity contribution in [1.29, 1.82) is 0 Å². The highest BCUT2D eigenvalue weighted by Gasteiger charge is 2.41. The summed E-state index contributed by atoms with van der Waals surface area (Å²) in [6.07, 6.45) is 3.01. The monoisotopic (exact) mass is 336 g/mol. The van der Waals surface area contributed by atoms with Crippen molar-refractivity contribution in [3.63, 3.8) is 0 Å². The topological polar surface area (TPSA) is 119 Å². The number of aromatic nitrogens is 1. The Labute approximate surface area is 140 Å². The molecule has 0 aliphatic carbocycles. The van der Waals surface area contributed by atoms with Gasteiger partial charge in [0.25, 0.3) is 0 Å². The SMILES string of the molecule is NC(=O)CNC(=O)[C@]1(Cc2cc([C@@H]3CCOC3)no2)CCCNC1. The average Bonchev–Trinajstić information content (AvgIpc) is 3.24. The number of ether oxygens (including phenoxy) is 1. The molecule has 0 saturated carbocycles. The van der Waals surface area contributed by atoms with Gasteiger partial charge in [0.15, 0.2) is 0 Å². The van der Waals surface area contributed by atoms with E-state index in [1.807, 2.05) is 6.07 Å². The molecule has 0 bridgehead atoms. The number of nitrogens with one attached hydrogen (secondary N) is 2. The molecular formula is C16H24N4O4. The molecule has 132 valence electrons. The molecule has 0 radical (unpaired) electrons. The van der Waals surface area contributed by atoms with Crippen molar-refractivity contribution in [3.05, 3.63) is 17.5 Å². The van der Waals surface area contributed by atoms with Gasteiger partial charge in [-0.3, -0.25) is 9.59 Å². The highest BCUT2D eigenvalue weighted by Crippen LogP contribution is 2.33. The van der Waals surface area contributed by atoms with Crippen LogP contribution < -0.4 is 16.4 Å². The maximum Gasteiger partial charge on any atom is 0.236 e. The molecule has 3 rings (SSSR count). The minimum absolute atomic E-state index is 0.151. The van der Waals surface area contributed by atoms with Gasteiger partial charge in [-0.05, 0) is 25.8 Å². The average molecular weight is 336 g/mol. The van der Waals surface area contributed by atoms with Gasteiger partial charge < -0.3 is 25.6 Å². The van der Waals surface area contributed by atoms with Gasteiger partial charge in [0, 0.05) is 31.6 Å². The molecule has 8 nitrogen and oxygen atoms in total. The fraction of sp³-hybridized carbons (Fsp3) is 0.688.